The van der Waals surface area contributed by atoms with Crippen LogP contribution in [0.5, 0.6) is 0 Å². The second kappa shape index (κ2) is 6.45. The average Bonchev–Trinajstić information content (AvgIpc) is 3.05. The second-order valence-electron chi connectivity index (χ2n) is 6.45. The number of hydrogen-bond acceptors (Lipinski definition) is 5. The first kappa shape index (κ1) is 14.9. The van der Waals surface area contributed by atoms with E-state index in [1.165, 1.54) is 12.8 Å². The summed E-state index contributed by atoms with van der Waals surface area (Å²) in [6.45, 7) is 8.30. The van der Waals surface area contributed by atoms with E-state index in [1.807, 2.05) is 10.7 Å². The monoisotopic (exact) mass is 315 g/mol. The molecule has 2 aromatic heterocycles. The predicted octanol–water partition coefficient (Wildman–Crippen LogP) is 1.59. The number of rotatable bonds is 3. The molecule has 4 heterocycles. The number of piperazine rings is 1. The van der Waals surface area contributed by atoms with Gasteiger partial charge in [-0.1, -0.05) is 6.92 Å². The van der Waals surface area contributed by atoms with Gasteiger partial charge in [-0.2, -0.15) is 0 Å². The van der Waals surface area contributed by atoms with Crippen molar-refractivity contribution in [3.05, 3.63) is 24.0 Å². The molecule has 0 aromatic carbocycles. The summed E-state index contributed by atoms with van der Waals surface area (Å²) in [5.74, 6) is 1.06. The van der Waals surface area contributed by atoms with Crippen molar-refractivity contribution in [2.45, 2.75) is 32.2 Å². The van der Waals surface area contributed by atoms with Gasteiger partial charge in [0.1, 0.15) is 5.82 Å². The minimum atomic E-state index is 0.710. The van der Waals surface area contributed by atoms with Gasteiger partial charge in [-0.3, -0.25) is 4.90 Å². The quantitative estimate of drug-likeness (QED) is 0.861. The third-order valence-electron chi connectivity index (χ3n) is 5.06. The molecule has 2 aliphatic heterocycles. The van der Waals surface area contributed by atoms with Gasteiger partial charge in [-0.05, 0) is 31.4 Å². The number of hydrogen-bond donors (Lipinski definition) is 0. The van der Waals surface area contributed by atoms with Crippen LogP contribution in [0.4, 0.5) is 5.82 Å². The Labute approximate surface area is 137 Å². The SMILES string of the molecule is CCc1cn2nc(N3CCN(C4CCOCC4)CC3)ccc2n1. The largest absolute Gasteiger partial charge is 0.381 e. The van der Waals surface area contributed by atoms with Gasteiger partial charge in [0, 0.05) is 45.4 Å². The Morgan fingerprint density at radius 2 is 1.91 bits per heavy atom. The van der Waals surface area contributed by atoms with Crippen molar-refractivity contribution < 1.29 is 4.74 Å². The fourth-order valence-electron chi connectivity index (χ4n) is 3.63. The molecule has 2 aromatic rings. The Morgan fingerprint density at radius 3 is 2.65 bits per heavy atom. The highest BCUT2D eigenvalue weighted by Gasteiger charge is 2.26. The Kier molecular flexibility index (Phi) is 4.18. The van der Waals surface area contributed by atoms with Crippen LogP contribution in [-0.4, -0.2) is 64.9 Å². The summed E-state index contributed by atoms with van der Waals surface area (Å²) in [6, 6.07) is 4.89. The van der Waals surface area contributed by atoms with Gasteiger partial charge in [-0.15, -0.1) is 5.10 Å². The topological polar surface area (TPSA) is 45.9 Å². The Balaban J connectivity index is 1.43. The van der Waals surface area contributed by atoms with Crippen molar-refractivity contribution in [3.63, 3.8) is 0 Å². The fraction of sp³-hybridized carbons (Fsp3) is 0.647. The first-order valence-corrected chi connectivity index (χ1v) is 8.75. The normalized spacial score (nSPS) is 21.2. The molecule has 124 valence electrons. The zero-order valence-electron chi connectivity index (χ0n) is 13.8. The Hall–Kier alpha value is -1.66. The fourth-order valence-corrected chi connectivity index (χ4v) is 3.63. The summed E-state index contributed by atoms with van der Waals surface area (Å²) >= 11 is 0. The standard InChI is InChI=1S/C17H25N5O/c1-2-14-13-22-16(18-14)3-4-17(19-22)21-9-7-20(8-10-21)15-5-11-23-12-6-15/h3-4,13,15H,2,5-12H2,1H3. The summed E-state index contributed by atoms with van der Waals surface area (Å²) in [5.41, 5.74) is 2.03. The summed E-state index contributed by atoms with van der Waals surface area (Å²) in [7, 11) is 0. The molecule has 2 saturated heterocycles. The van der Waals surface area contributed by atoms with Crippen LogP contribution in [0.3, 0.4) is 0 Å². The zero-order valence-corrected chi connectivity index (χ0v) is 13.8. The van der Waals surface area contributed by atoms with Crippen LogP contribution >= 0.6 is 0 Å². The number of anilines is 1. The van der Waals surface area contributed by atoms with Crippen molar-refractivity contribution in [1.82, 2.24) is 19.5 Å². The molecule has 0 bridgehead atoms. The zero-order chi connectivity index (χ0) is 15.6. The molecule has 0 radical (unpaired) electrons. The number of aromatic nitrogens is 3. The lowest BCUT2D eigenvalue weighted by molar-refractivity contribution is 0.0321. The first-order valence-electron chi connectivity index (χ1n) is 8.75. The van der Waals surface area contributed by atoms with Crippen LogP contribution in [0.15, 0.2) is 18.3 Å². The molecular weight excluding hydrogens is 290 g/mol. The van der Waals surface area contributed by atoms with E-state index in [1.54, 1.807) is 0 Å². The Bertz CT molecular complexity index is 656. The second-order valence-corrected chi connectivity index (χ2v) is 6.45. The number of fused-ring (bicyclic) bond motifs is 1. The van der Waals surface area contributed by atoms with E-state index in [0.717, 1.165) is 63.0 Å². The van der Waals surface area contributed by atoms with Gasteiger partial charge in [-0.25, -0.2) is 9.50 Å². The summed E-state index contributed by atoms with van der Waals surface area (Å²) in [4.78, 5) is 9.57. The predicted molar refractivity (Wildman–Crippen MR) is 90.0 cm³/mol. The van der Waals surface area contributed by atoms with Crippen molar-refractivity contribution >= 4 is 11.5 Å². The number of aryl methyl sites for hydroxylation is 1. The molecule has 2 aliphatic rings. The third kappa shape index (κ3) is 3.05. The highest BCUT2D eigenvalue weighted by Crippen LogP contribution is 2.19. The van der Waals surface area contributed by atoms with Gasteiger partial charge >= 0.3 is 0 Å². The lowest BCUT2D eigenvalue weighted by Gasteiger charge is -2.40. The Morgan fingerprint density at radius 1 is 1.13 bits per heavy atom. The van der Waals surface area contributed by atoms with Gasteiger partial charge in [0.05, 0.1) is 11.9 Å². The van der Waals surface area contributed by atoms with Gasteiger partial charge < -0.3 is 9.64 Å². The van der Waals surface area contributed by atoms with E-state index >= 15 is 0 Å². The van der Waals surface area contributed by atoms with Crippen molar-refractivity contribution in [3.8, 4) is 0 Å². The molecule has 0 amide bonds. The molecule has 23 heavy (non-hydrogen) atoms. The molecule has 4 rings (SSSR count). The summed E-state index contributed by atoms with van der Waals surface area (Å²) in [6.07, 6.45) is 5.34. The van der Waals surface area contributed by atoms with Crippen molar-refractivity contribution in [2.24, 2.45) is 0 Å². The van der Waals surface area contributed by atoms with E-state index in [2.05, 4.69) is 33.8 Å². The first-order chi connectivity index (χ1) is 11.3. The lowest BCUT2D eigenvalue weighted by Crippen LogP contribution is -2.51. The van der Waals surface area contributed by atoms with E-state index in [0.29, 0.717) is 6.04 Å². The van der Waals surface area contributed by atoms with Crippen LogP contribution in [0.1, 0.15) is 25.5 Å². The van der Waals surface area contributed by atoms with E-state index in [9.17, 15) is 0 Å². The summed E-state index contributed by atoms with van der Waals surface area (Å²) in [5, 5.41) is 4.75. The molecule has 0 saturated carbocycles. The van der Waals surface area contributed by atoms with Crippen molar-refractivity contribution in [1.29, 1.82) is 0 Å². The highest BCUT2D eigenvalue weighted by molar-refractivity contribution is 5.47. The molecular formula is C17H25N5O. The van der Waals surface area contributed by atoms with Gasteiger partial charge in [0.25, 0.3) is 0 Å². The summed E-state index contributed by atoms with van der Waals surface area (Å²) < 4.78 is 7.39. The molecule has 0 unspecified atom stereocenters. The number of nitrogens with zero attached hydrogens (tertiary/aromatic N) is 5. The van der Waals surface area contributed by atoms with E-state index in [-0.39, 0.29) is 0 Å². The van der Waals surface area contributed by atoms with E-state index in [4.69, 9.17) is 9.84 Å². The van der Waals surface area contributed by atoms with Crippen LogP contribution in [0.25, 0.3) is 5.65 Å². The molecule has 0 spiro atoms. The molecule has 0 N–H and O–H groups in total. The van der Waals surface area contributed by atoms with Crippen LogP contribution in [0, 0.1) is 0 Å². The van der Waals surface area contributed by atoms with Crippen LogP contribution < -0.4 is 4.90 Å². The minimum Gasteiger partial charge on any atom is -0.381 e. The van der Waals surface area contributed by atoms with Crippen LogP contribution in [0.2, 0.25) is 0 Å². The molecule has 6 heteroatoms. The highest BCUT2D eigenvalue weighted by atomic mass is 16.5. The lowest BCUT2D eigenvalue weighted by atomic mass is 10.1. The van der Waals surface area contributed by atoms with Gasteiger partial charge in [0.2, 0.25) is 0 Å². The molecule has 0 aliphatic carbocycles. The number of ether oxygens (including phenoxy) is 1. The molecule has 0 atom stereocenters. The minimum absolute atomic E-state index is 0.710. The van der Waals surface area contributed by atoms with Gasteiger partial charge in [0.15, 0.2) is 5.65 Å². The molecule has 2 fully saturated rings. The van der Waals surface area contributed by atoms with E-state index < -0.39 is 0 Å². The molecule has 6 nitrogen and oxygen atoms in total. The van der Waals surface area contributed by atoms with Crippen molar-refractivity contribution in [2.75, 3.05) is 44.3 Å². The third-order valence-corrected chi connectivity index (χ3v) is 5.06. The maximum atomic E-state index is 5.48. The maximum absolute atomic E-state index is 5.48. The van der Waals surface area contributed by atoms with Crippen LogP contribution in [-0.2, 0) is 11.2 Å². The maximum Gasteiger partial charge on any atom is 0.153 e. The number of imidazole rings is 1. The smallest absolute Gasteiger partial charge is 0.153 e. The average molecular weight is 315 g/mol.